The van der Waals surface area contributed by atoms with Crippen molar-refractivity contribution in [2.24, 2.45) is 0 Å². The van der Waals surface area contributed by atoms with Crippen LogP contribution in [0, 0.1) is 0 Å². The van der Waals surface area contributed by atoms with Gasteiger partial charge in [0.2, 0.25) is 0 Å². The Kier molecular flexibility index (Phi) is 49.5. The van der Waals surface area contributed by atoms with Gasteiger partial charge in [0.05, 0.1) is 19.8 Å². The van der Waals surface area contributed by atoms with E-state index >= 15 is 0 Å². The number of phosphoric acid groups is 1. The Hall–Kier alpha value is -3.34. The molecule has 3 unspecified atom stereocenters. The first-order valence-corrected chi connectivity index (χ1v) is 29.0. The van der Waals surface area contributed by atoms with Gasteiger partial charge in [-0.3, -0.25) is 23.4 Å². The Morgan fingerprint density at radius 3 is 1.19 bits per heavy atom. The second-order valence-electron chi connectivity index (χ2n) is 18.0. The number of aliphatic hydroxyl groups excluding tert-OH is 1. The first kappa shape index (κ1) is 66.7. The zero-order chi connectivity index (χ0) is 51.3. The molecule has 0 aromatic carbocycles. The average Bonchev–Trinajstić information content (AvgIpc) is 3.35. The van der Waals surface area contributed by atoms with E-state index in [2.05, 4.69) is 106 Å². The maximum absolute atomic E-state index is 12.9. The molecule has 0 aliphatic carbocycles. The summed E-state index contributed by atoms with van der Waals surface area (Å²) in [6, 6.07) is 0. The number of unbranched alkanes of at least 4 members (excludes halogenated alkanes) is 19. The van der Waals surface area contributed by atoms with Crippen molar-refractivity contribution in [1.29, 1.82) is 0 Å². The third-order valence-electron chi connectivity index (χ3n) is 11.3. The Morgan fingerprint density at radius 2 is 0.743 bits per heavy atom. The summed E-state index contributed by atoms with van der Waals surface area (Å²) < 4.78 is 39.3. The SMILES string of the molecule is CC/C=C\C/C=C\C/C=C\C/C=C\C/C=C\CCCCCC(=O)OC(COC(=O)CCCCCCCCCCC)COP(=O)(O)OCC(CO)OC(=O)CCCCCCC/C=C\C/C=C\CCCCC. The van der Waals surface area contributed by atoms with Gasteiger partial charge >= 0.3 is 25.7 Å². The van der Waals surface area contributed by atoms with Gasteiger partial charge in [-0.2, -0.15) is 0 Å². The van der Waals surface area contributed by atoms with E-state index in [1.807, 2.05) is 0 Å². The highest BCUT2D eigenvalue weighted by Gasteiger charge is 2.28. The molecule has 0 rings (SSSR count). The van der Waals surface area contributed by atoms with Crippen molar-refractivity contribution in [3.8, 4) is 0 Å². The van der Waals surface area contributed by atoms with Crippen LogP contribution in [-0.4, -0.2) is 66.5 Å². The van der Waals surface area contributed by atoms with Crippen LogP contribution in [0.15, 0.2) is 85.1 Å². The van der Waals surface area contributed by atoms with Gasteiger partial charge in [0.1, 0.15) is 12.7 Å². The van der Waals surface area contributed by atoms with Crippen LogP contribution in [0.5, 0.6) is 0 Å². The lowest BCUT2D eigenvalue weighted by Crippen LogP contribution is -2.30. The fourth-order valence-corrected chi connectivity index (χ4v) is 7.90. The minimum Gasteiger partial charge on any atom is -0.462 e. The molecular weight excluding hydrogens is 904 g/mol. The van der Waals surface area contributed by atoms with Crippen LogP contribution in [0.4, 0.5) is 0 Å². The molecule has 0 amide bonds. The maximum Gasteiger partial charge on any atom is 0.472 e. The maximum atomic E-state index is 12.9. The highest BCUT2D eigenvalue weighted by Crippen LogP contribution is 2.43. The molecule has 0 aromatic rings. The fraction of sp³-hybridized carbons (Fsp3) is 0.707. The van der Waals surface area contributed by atoms with E-state index in [4.69, 9.17) is 23.3 Å². The molecule has 3 atom stereocenters. The molecule has 12 heteroatoms. The summed E-state index contributed by atoms with van der Waals surface area (Å²) in [6.45, 7) is 4.42. The standard InChI is InChI=1S/C58H99O11P/c1-4-7-10-13-16-19-21-23-25-26-27-28-30-32-34-37-40-43-46-49-58(62)69-55(51-65-56(60)47-44-41-38-35-18-15-12-9-6-3)53-67-70(63,64)66-52-54(50-59)68-57(61)48-45-42-39-36-33-31-29-24-22-20-17-14-11-8-5-2/h7,10,16-17,19-20,23-25,27-29,32,34,54-55,59H,4-6,8-9,11-15,18,21-22,26,30-31,33,35-53H2,1-3H3,(H,63,64)/b10-7-,19-16-,20-17-,25-23-,28-27-,29-24-,34-32-. The zero-order valence-electron chi connectivity index (χ0n) is 44.2. The van der Waals surface area contributed by atoms with E-state index in [1.165, 1.54) is 51.4 Å². The van der Waals surface area contributed by atoms with E-state index < -0.39 is 57.8 Å². The minimum absolute atomic E-state index is 0.126. The molecule has 0 saturated heterocycles. The molecule has 0 bridgehead atoms. The van der Waals surface area contributed by atoms with Gasteiger partial charge in [-0.25, -0.2) is 4.57 Å². The van der Waals surface area contributed by atoms with Crippen molar-refractivity contribution in [3.63, 3.8) is 0 Å². The number of aliphatic hydroxyl groups is 1. The van der Waals surface area contributed by atoms with Crippen molar-refractivity contribution in [2.45, 2.75) is 238 Å². The number of rotatable bonds is 50. The smallest absolute Gasteiger partial charge is 0.462 e. The van der Waals surface area contributed by atoms with Crippen LogP contribution in [0.3, 0.4) is 0 Å². The van der Waals surface area contributed by atoms with Crippen molar-refractivity contribution >= 4 is 25.7 Å². The number of carbonyl (C=O) groups excluding carboxylic acids is 3. The molecule has 0 spiro atoms. The van der Waals surface area contributed by atoms with E-state index in [0.717, 1.165) is 116 Å². The average molecular weight is 1000 g/mol. The van der Waals surface area contributed by atoms with E-state index in [1.54, 1.807) is 0 Å². The summed E-state index contributed by atoms with van der Waals surface area (Å²) in [4.78, 5) is 48.3. The molecule has 2 N–H and O–H groups in total. The summed E-state index contributed by atoms with van der Waals surface area (Å²) in [7, 11) is -4.76. The normalized spacial score (nSPS) is 14.1. The minimum atomic E-state index is -4.76. The molecule has 402 valence electrons. The number of hydrogen-bond donors (Lipinski definition) is 2. The number of phosphoric ester groups is 1. The van der Waals surface area contributed by atoms with Crippen LogP contribution in [0.2, 0.25) is 0 Å². The molecule has 0 aliphatic heterocycles. The van der Waals surface area contributed by atoms with Crippen molar-refractivity contribution < 1.29 is 52.2 Å². The van der Waals surface area contributed by atoms with Crippen molar-refractivity contribution in [1.82, 2.24) is 0 Å². The van der Waals surface area contributed by atoms with Crippen molar-refractivity contribution in [2.75, 3.05) is 26.4 Å². The van der Waals surface area contributed by atoms with Crippen LogP contribution < -0.4 is 0 Å². The third-order valence-corrected chi connectivity index (χ3v) is 12.3. The Balaban J connectivity index is 4.74. The van der Waals surface area contributed by atoms with E-state index in [9.17, 15) is 28.9 Å². The number of allylic oxidation sites excluding steroid dienone is 14. The Bertz CT molecular complexity index is 1500. The zero-order valence-corrected chi connectivity index (χ0v) is 45.1. The molecule has 11 nitrogen and oxygen atoms in total. The molecule has 0 aliphatic rings. The monoisotopic (exact) mass is 1000 g/mol. The van der Waals surface area contributed by atoms with E-state index in [0.29, 0.717) is 19.3 Å². The lowest BCUT2D eigenvalue weighted by molar-refractivity contribution is -0.161. The number of esters is 3. The van der Waals surface area contributed by atoms with Gasteiger partial charge in [0.15, 0.2) is 6.10 Å². The highest BCUT2D eigenvalue weighted by molar-refractivity contribution is 7.47. The van der Waals surface area contributed by atoms with E-state index in [-0.39, 0.29) is 25.9 Å². The largest absolute Gasteiger partial charge is 0.472 e. The van der Waals surface area contributed by atoms with Gasteiger partial charge in [0.25, 0.3) is 0 Å². The van der Waals surface area contributed by atoms with Gasteiger partial charge in [-0.1, -0.05) is 196 Å². The second kappa shape index (κ2) is 52.0. The number of ether oxygens (including phenoxy) is 3. The topological polar surface area (TPSA) is 155 Å². The second-order valence-corrected chi connectivity index (χ2v) is 19.5. The molecule has 0 aromatic heterocycles. The first-order valence-electron chi connectivity index (χ1n) is 27.5. The number of carbonyl (C=O) groups is 3. The molecule has 0 heterocycles. The summed E-state index contributed by atoms with van der Waals surface area (Å²) in [6.07, 6.45) is 58.4. The van der Waals surface area contributed by atoms with Gasteiger partial charge in [0, 0.05) is 19.3 Å². The van der Waals surface area contributed by atoms with Crippen LogP contribution in [0.25, 0.3) is 0 Å². The van der Waals surface area contributed by atoms with Crippen LogP contribution >= 0.6 is 7.82 Å². The summed E-state index contributed by atoms with van der Waals surface area (Å²) in [5, 5.41) is 9.79. The number of hydrogen-bond acceptors (Lipinski definition) is 10. The van der Waals surface area contributed by atoms with Gasteiger partial charge < -0.3 is 24.2 Å². The Labute approximate surface area is 426 Å². The van der Waals surface area contributed by atoms with Crippen LogP contribution in [-0.2, 0) is 42.2 Å². The summed E-state index contributed by atoms with van der Waals surface area (Å²) in [5.41, 5.74) is 0. The summed E-state index contributed by atoms with van der Waals surface area (Å²) >= 11 is 0. The molecule has 0 fully saturated rings. The molecular formula is C58H99O11P. The van der Waals surface area contributed by atoms with Gasteiger partial charge in [-0.15, -0.1) is 0 Å². The Morgan fingerprint density at radius 1 is 0.414 bits per heavy atom. The molecule has 0 radical (unpaired) electrons. The molecule has 70 heavy (non-hydrogen) atoms. The fourth-order valence-electron chi connectivity index (χ4n) is 7.12. The quantitative estimate of drug-likeness (QED) is 0.0197. The highest BCUT2D eigenvalue weighted by atomic mass is 31.2. The predicted molar refractivity (Wildman–Crippen MR) is 288 cm³/mol. The van der Waals surface area contributed by atoms with Crippen LogP contribution in [0.1, 0.15) is 226 Å². The predicted octanol–water partition coefficient (Wildman–Crippen LogP) is 15.9. The summed E-state index contributed by atoms with van der Waals surface area (Å²) in [5.74, 6) is -1.52. The van der Waals surface area contributed by atoms with Gasteiger partial charge in [-0.05, 0) is 96.3 Å². The first-order chi connectivity index (χ1) is 34.2. The van der Waals surface area contributed by atoms with Crippen molar-refractivity contribution in [3.05, 3.63) is 85.1 Å². The molecule has 0 saturated carbocycles. The third kappa shape index (κ3) is 49.6. The lowest BCUT2D eigenvalue weighted by Gasteiger charge is -2.21. The lowest BCUT2D eigenvalue weighted by atomic mass is 10.1.